The first-order chi connectivity index (χ1) is 8.28. The van der Waals surface area contributed by atoms with Gasteiger partial charge in [0.25, 0.3) is 0 Å². The van der Waals surface area contributed by atoms with E-state index in [0.29, 0.717) is 10.0 Å². The first kappa shape index (κ1) is 15.4. The Morgan fingerprint density at radius 3 is 2.61 bits per heavy atom. The number of hydrogen-bond acceptors (Lipinski definition) is 2. The number of ether oxygens (including phenoxy) is 1. The fraction of sp³-hybridized carbons (Fsp3) is 0.455. The summed E-state index contributed by atoms with van der Waals surface area (Å²) < 4.78 is 53.6. The second-order valence-corrected chi connectivity index (χ2v) is 4.68. The minimum atomic E-state index is -4.36. The average Bonchev–Trinajstić information content (AvgIpc) is 2.21. The zero-order valence-corrected chi connectivity index (χ0v) is 10.9. The van der Waals surface area contributed by atoms with Crippen LogP contribution in [0.3, 0.4) is 0 Å². The van der Waals surface area contributed by atoms with Gasteiger partial charge in [0.1, 0.15) is 12.4 Å². The standard InChI is InChI=1S/C11H12BrF4NO/c12-10-2-1-8(13)3-7(10)4-9(17)5-18-6-11(14,15)16/h1-3,9H,4-6,17H2. The van der Waals surface area contributed by atoms with Crippen LogP contribution in [0.2, 0.25) is 0 Å². The molecule has 1 atom stereocenters. The maximum absolute atomic E-state index is 13.0. The molecule has 0 saturated carbocycles. The van der Waals surface area contributed by atoms with Crippen molar-refractivity contribution in [3.8, 4) is 0 Å². The average molecular weight is 330 g/mol. The van der Waals surface area contributed by atoms with Crippen molar-refractivity contribution in [1.29, 1.82) is 0 Å². The van der Waals surface area contributed by atoms with E-state index in [4.69, 9.17) is 5.73 Å². The molecule has 0 bridgehead atoms. The third-order valence-electron chi connectivity index (χ3n) is 2.09. The highest BCUT2D eigenvalue weighted by Gasteiger charge is 2.27. The van der Waals surface area contributed by atoms with Gasteiger partial charge in [0.05, 0.1) is 6.61 Å². The molecule has 0 aromatic heterocycles. The first-order valence-corrected chi connectivity index (χ1v) is 5.91. The van der Waals surface area contributed by atoms with E-state index < -0.39 is 24.6 Å². The van der Waals surface area contributed by atoms with Crippen molar-refractivity contribution in [1.82, 2.24) is 0 Å². The van der Waals surface area contributed by atoms with Gasteiger partial charge in [-0.3, -0.25) is 0 Å². The maximum Gasteiger partial charge on any atom is 0.411 e. The van der Waals surface area contributed by atoms with E-state index in [1.807, 2.05) is 0 Å². The predicted molar refractivity (Wildman–Crippen MR) is 62.7 cm³/mol. The van der Waals surface area contributed by atoms with E-state index >= 15 is 0 Å². The Morgan fingerprint density at radius 1 is 1.33 bits per heavy atom. The van der Waals surface area contributed by atoms with Gasteiger partial charge in [0.2, 0.25) is 0 Å². The summed E-state index contributed by atoms with van der Waals surface area (Å²) in [4.78, 5) is 0. The SMILES string of the molecule is NC(COCC(F)(F)F)Cc1cc(F)ccc1Br. The van der Waals surface area contributed by atoms with Crippen LogP contribution in [0.5, 0.6) is 0 Å². The van der Waals surface area contributed by atoms with Gasteiger partial charge in [-0.1, -0.05) is 15.9 Å². The highest BCUT2D eigenvalue weighted by atomic mass is 79.9. The third kappa shape index (κ3) is 5.79. The fourth-order valence-electron chi connectivity index (χ4n) is 1.37. The molecule has 1 aromatic carbocycles. The molecule has 102 valence electrons. The summed E-state index contributed by atoms with van der Waals surface area (Å²) >= 11 is 3.22. The Bertz CT molecular complexity index is 397. The molecule has 0 heterocycles. The molecule has 2 nitrogen and oxygen atoms in total. The molecule has 0 saturated heterocycles. The molecule has 0 aliphatic rings. The van der Waals surface area contributed by atoms with Crippen LogP contribution in [0.15, 0.2) is 22.7 Å². The Balaban J connectivity index is 2.44. The van der Waals surface area contributed by atoms with Gasteiger partial charge in [-0.2, -0.15) is 13.2 Å². The molecule has 0 aliphatic carbocycles. The summed E-state index contributed by atoms with van der Waals surface area (Å²) in [5.41, 5.74) is 6.21. The Morgan fingerprint density at radius 2 is 2.00 bits per heavy atom. The zero-order chi connectivity index (χ0) is 13.8. The van der Waals surface area contributed by atoms with Crippen LogP contribution in [-0.4, -0.2) is 25.4 Å². The normalized spacial score (nSPS) is 13.7. The van der Waals surface area contributed by atoms with Gasteiger partial charge in [0.15, 0.2) is 0 Å². The monoisotopic (exact) mass is 329 g/mol. The number of nitrogens with two attached hydrogens (primary N) is 1. The number of hydrogen-bond donors (Lipinski definition) is 1. The smallest absolute Gasteiger partial charge is 0.370 e. The second kappa shape index (κ2) is 6.49. The van der Waals surface area contributed by atoms with Crippen LogP contribution < -0.4 is 5.73 Å². The van der Waals surface area contributed by atoms with E-state index in [0.717, 1.165) is 0 Å². The molecular weight excluding hydrogens is 318 g/mol. The number of benzene rings is 1. The van der Waals surface area contributed by atoms with Crippen molar-refractivity contribution in [3.63, 3.8) is 0 Å². The molecule has 1 aromatic rings. The van der Waals surface area contributed by atoms with E-state index in [1.165, 1.54) is 18.2 Å². The van der Waals surface area contributed by atoms with Gasteiger partial charge in [-0.25, -0.2) is 4.39 Å². The number of rotatable bonds is 5. The lowest BCUT2D eigenvalue weighted by molar-refractivity contribution is -0.174. The minimum absolute atomic E-state index is 0.232. The van der Waals surface area contributed by atoms with Crippen LogP contribution in [-0.2, 0) is 11.2 Å². The Labute approximate surface area is 110 Å². The second-order valence-electron chi connectivity index (χ2n) is 3.83. The molecule has 1 rings (SSSR count). The van der Waals surface area contributed by atoms with Gasteiger partial charge in [-0.15, -0.1) is 0 Å². The predicted octanol–water partition coefficient (Wildman–Crippen LogP) is 3.04. The van der Waals surface area contributed by atoms with Crippen LogP contribution >= 0.6 is 15.9 Å². The van der Waals surface area contributed by atoms with Crippen molar-refractivity contribution < 1.29 is 22.3 Å². The highest BCUT2D eigenvalue weighted by molar-refractivity contribution is 9.10. The van der Waals surface area contributed by atoms with E-state index in [1.54, 1.807) is 0 Å². The fourth-order valence-corrected chi connectivity index (χ4v) is 1.78. The lowest BCUT2D eigenvalue weighted by Crippen LogP contribution is -2.31. The Kier molecular flexibility index (Phi) is 5.55. The van der Waals surface area contributed by atoms with E-state index in [2.05, 4.69) is 20.7 Å². The summed E-state index contributed by atoms with van der Waals surface area (Å²) in [7, 11) is 0. The summed E-state index contributed by atoms with van der Waals surface area (Å²) in [5.74, 6) is -0.420. The molecule has 0 radical (unpaired) electrons. The van der Waals surface area contributed by atoms with Crippen molar-refractivity contribution in [3.05, 3.63) is 34.1 Å². The van der Waals surface area contributed by atoms with Gasteiger partial charge >= 0.3 is 6.18 Å². The summed E-state index contributed by atoms with van der Waals surface area (Å²) in [6.07, 6.45) is -4.13. The van der Waals surface area contributed by atoms with E-state index in [-0.39, 0.29) is 13.0 Å². The molecule has 2 N–H and O–H groups in total. The lowest BCUT2D eigenvalue weighted by Gasteiger charge is -2.14. The van der Waals surface area contributed by atoms with Gasteiger partial charge in [0, 0.05) is 10.5 Å². The van der Waals surface area contributed by atoms with Crippen LogP contribution in [0.4, 0.5) is 17.6 Å². The molecule has 0 amide bonds. The first-order valence-electron chi connectivity index (χ1n) is 5.12. The third-order valence-corrected chi connectivity index (χ3v) is 2.86. The largest absolute Gasteiger partial charge is 0.411 e. The quantitative estimate of drug-likeness (QED) is 0.843. The minimum Gasteiger partial charge on any atom is -0.370 e. The van der Waals surface area contributed by atoms with Crippen LogP contribution in [0, 0.1) is 5.82 Å². The number of alkyl halides is 3. The van der Waals surface area contributed by atoms with E-state index in [9.17, 15) is 17.6 Å². The lowest BCUT2D eigenvalue weighted by atomic mass is 10.1. The summed E-state index contributed by atoms with van der Waals surface area (Å²) in [6.45, 7) is -1.56. The highest BCUT2D eigenvalue weighted by Crippen LogP contribution is 2.19. The van der Waals surface area contributed by atoms with Crippen molar-refractivity contribution in [2.45, 2.75) is 18.6 Å². The van der Waals surface area contributed by atoms with Crippen LogP contribution in [0.1, 0.15) is 5.56 Å². The van der Waals surface area contributed by atoms with Crippen LogP contribution in [0.25, 0.3) is 0 Å². The molecule has 18 heavy (non-hydrogen) atoms. The topological polar surface area (TPSA) is 35.2 Å². The molecule has 1 unspecified atom stereocenters. The molecular formula is C11H12BrF4NO. The summed E-state index contributed by atoms with van der Waals surface area (Å²) in [6, 6.07) is 3.46. The zero-order valence-electron chi connectivity index (χ0n) is 9.31. The molecule has 0 spiro atoms. The Hall–Kier alpha value is -0.660. The van der Waals surface area contributed by atoms with Gasteiger partial charge < -0.3 is 10.5 Å². The van der Waals surface area contributed by atoms with Gasteiger partial charge in [-0.05, 0) is 30.2 Å². The maximum atomic E-state index is 13.0. The number of halogens is 5. The molecule has 7 heteroatoms. The molecule has 0 aliphatic heterocycles. The molecule has 0 fully saturated rings. The van der Waals surface area contributed by atoms with Crippen molar-refractivity contribution >= 4 is 15.9 Å². The van der Waals surface area contributed by atoms with Crippen molar-refractivity contribution in [2.24, 2.45) is 5.73 Å². The summed E-state index contributed by atoms with van der Waals surface area (Å²) in [5, 5.41) is 0. The van der Waals surface area contributed by atoms with Crippen molar-refractivity contribution in [2.75, 3.05) is 13.2 Å².